The highest BCUT2D eigenvalue weighted by molar-refractivity contribution is 8.00. The highest BCUT2D eigenvalue weighted by atomic mass is 35.5. The molecule has 12 atom stereocenters. The normalized spacial score (nSPS) is 28.8. The maximum Gasteiger partial charge on any atom is 0.246 e. The van der Waals surface area contributed by atoms with Crippen molar-refractivity contribution in [1.29, 1.82) is 0 Å². The van der Waals surface area contributed by atoms with Gasteiger partial charge in [0.15, 0.2) is 0 Å². The average Bonchev–Trinajstić information content (AvgIpc) is 3.99. The molecular formula is C54H72Cl2N8O6S4. The zero-order valence-corrected chi connectivity index (χ0v) is 48.3. The van der Waals surface area contributed by atoms with E-state index in [1.54, 1.807) is 23.5 Å². The first kappa shape index (κ1) is 59.6. The van der Waals surface area contributed by atoms with E-state index in [9.17, 15) is 19.2 Å². The number of hydrogen-bond acceptors (Lipinski definition) is 12. The summed E-state index contributed by atoms with van der Waals surface area (Å²) >= 11 is 14.7. The molecule has 402 valence electrons. The number of amides is 4. The molecule has 0 aromatic heterocycles. The topological polar surface area (TPSA) is 165 Å². The molecule has 4 aliphatic heterocycles. The summed E-state index contributed by atoms with van der Waals surface area (Å²) in [6, 6.07) is 12.6. The average molecular weight is 1130 g/mol. The molecule has 74 heavy (non-hydrogen) atoms. The number of nitrogens with one attached hydrogen (secondary N) is 6. The predicted octanol–water partition coefficient (Wildman–Crippen LogP) is 5.40. The molecule has 0 saturated carbocycles. The molecule has 0 spiro atoms. The van der Waals surface area contributed by atoms with Crippen molar-refractivity contribution in [3.05, 3.63) is 70.8 Å². The van der Waals surface area contributed by atoms with Gasteiger partial charge in [0.2, 0.25) is 23.6 Å². The second kappa shape index (κ2) is 25.7. The third-order valence-electron chi connectivity index (χ3n) is 15.3. The zero-order valence-electron chi connectivity index (χ0n) is 43.4. The molecular weight excluding hydrogens is 1060 g/mol. The summed E-state index contributed by atoms with van der Waals surface area (Å²) in [6.45, 7) is 12.4. The number of likely N-dealkylation sites (N-methyl/N-ethyl adjacent to an activating group) is 2. The monoisotopic (exact) mass is 1130 g/mol. The van der Waals surface area contributed by atoms with Gasteiger partial charge in [0, 0.05) is 12.8 Å². The van der Waals surface area contributed by atoms with E-state index in [1.807, 2.05) is 74.1 Å². The SMILES string of the molecule is CN[C@@H](C)C(=S)N[C@H]1CCS[C@H]2CC(C)(C)[C@@H](C(=O)N[C@H]3c4ccccc4C[C@H]3OCC#CC#CCO[C@@H]3Cc4ccccc4[C@@H]3NC(=O)[C@H]3N4C(=O)[C@@H](NC(=S)[C@H](C)NC)CCS[C@H]4CC3(C)C)N2C1=O.Cl.Cl. The fourth-order valence-corrected chi connectivity index (χ4v) is 14.9. The minimum absolute atomic E-state index is 0. The molecule has 2 aromatic carbocycles. The van der Waals surface area contributed by atoms with Gasteiger partial charge in [-0.25, -0.2) is 0 Å². The highest BCUT2D eigenvalue weighted by Crippen LogP contribution is 2.48. The smallest absolute Gasteiger partial charge is 0.246 e. The van der Waals surface area contributed by atoms with E-state index in [-0.39, 0.29) is 96.7 Å². The molecule has 4 saturated heterocycles. The van der Waals surface area contributed by atoms with Crippen LogP contribution in [-0.2, 0) is 41.5 Å². The number of thiocarbonyl (C=S) groups is 2. The van der Waals surface area contributed by atoms with Crippen molar-refractivity contribution in [3.8, 4) is 23.7 Å². The number of nitrogens with zero attached hydrogens (tertiary/aromatic N) is 2. The minimum atomic E-state index is -0.680. The summed E-state index contributed by atoms with van der Waals surface area (Å²) in [6.07, 6.45) is 3.09. The largest absolute Gasteiger partial charge is 0.367 e. The number of thioether (sulfide) groups is 2. The Bertz CT molecular complexity index is 2380. The van der Waals surface area contributed by atoms with Gasteiger partial charge >= 0.3 is 0 Å². The van der Waals surface area contributed by atoms with Crippen LogP contribution in [0.3, 0.4) is 0 Å². The Kier molecular flexibility index (Phi) is 20.7. The number of benzene rings is 2. The molecule has 14 nitrogen and oxygen atoms in total. The lowest BCUT2D eigenvalue weighted by Gasteiger charge is -2.35. The zero-order chi connectivity index (χ0) is 51.5. The third-order valence-corrected chi connectivity index (χ3v) is 18.8. The Morgan fingerprint density at radius 3 is 1.42 bits per heavy atom. The van der Waals surface area contributed by atoms with Crippen LogP contribution >= 0.6 is 72.8 Å². The quantitative estimate of drug-likeness (QED) is 0.105. The highest BCUT2D eigenvalue weighted by Gasteiger charge is 2.57. The van der Waals surface area contributed by atoms with Gasteiger partial charge in [-0.05, 0) is 110 Å². The van der Waals surface area contributed by atoms with E-state index in [0.29, 0.717) is 48.5 Å². The number of halogens is 2. The summed E-state index contributed by atoms with van der Waals surface area (Å²) in [4.78, 5) is 62.5. The van der Waals surface area contributed by atoms with Crippen molar-refractivity contribution in [2.75, 3.05) is 38.8 Å². The van der Waals surface area contributed by atoms with Gasteiger partial charge in [-0.1, -0.05) is 113 Å². The van der Waals surface area contributed by atoms with Gasteiger partial charge in [0.05, 0.1) is 57.1 Å². The van der Waals surface area contributed by atoms with Crippen LogP contribution in [0.4, 0.5) is 0 Å². The van der Waals surface area contributed by atoms with E-state index in [1.165, 1.54) is 0 Å². The maximum absolute atomic E-state index is 14.6. The number of ether oxygens (including phenoxy) is 2. The lowest BCUT2D eigenvalue weighted by Crippen LogP contribution is -2.58. The standard InChI is InChI=1S/C54H70N8O6S4.2ClH/c1-31(55-7)49(69)57-37-21-25-71-41-29-53(3,4)45(61(41)51(37)65)47(63)59-43-35-19-13-11-17-33(35)27-39(43)67-23-15-9-10-16-24-68-40-28-34-18-12-14-20-36(34)44(40)60-48(64)46-54(5,6)30-42-62(46)52(66)38(22-26-72-42)58-50(70)32(2)56-8;;/h11-14,17-20,31-32,37-46,55-56H,21-30H2,1-8H3,(H,57,69)(H,58,70)(H,59,63)(H,60,64);2*1H/t31-,32-,37-,38-,39+,40+,41-,42-,43-,44-,45+,46+;;/m0../s1. The molecule has 20 heteroatoms. The number of carbonyl (C=O) groups is 4. The molecule has 0 unspecified atom stereocenters. The Labute approximate surface area is 469 Å². The Morgan fingerprint density at radius 2 is 1.04 bits per heavy atom. The van der Waals surface area contributed by atoms with Crippen LogP contribution in [0.25, 0.3) is 0 Å². The van der Waals surface area contributed by atoms with Crippen LogP contribution < -0.4 is 31.9 Å². The molecule has 6 aliphatic rings. The lowest BCUT2D eigenvalue weighted by atomic mass is 9.83. The Morgan fingerprint density at radius 1 is 0.662 bits per heavy atom. The van der Waals surface area contributed by atoms with Crippen LogP contribution in [0.2, 0.25) is 0 Å². The van der Waals surface area contributed by atoms with E-state index in [0.717, 1.165) is 33.8 Å². The number of rotatable bonds is 14. The number of hydrogen-bond donors (Lipinski definition) is 6. The second-order valence-corrected chi connectivity index (χ2v) is 24.6. The molecule has 4 amide bonds. The minimum Gasteiger partial charge on any atom is -0.367 e. The lowest BCUT2D eigenvalue weighted by molar-refractivity contribution is -0.143. The van der Waals surface area contributed by atoms with Crippen molar-refractivity contribution in [1.82, 2.24) is 41.7 Å². The fourth-order valence-electron chi connectivity index (χ4n) is 11.2. The molecule has 4 fully saturated rings. The van der Waals surface area contributed by atoms with E-state index >= 15 is 0 Å². The fraction of sp³-hybridized carbons (Fsp3) is 0.593. The van der Waals surface area contributed by atoms with Gasteiger partial charge in [0.25, 0.3) is 0 Å². The second-order valence-electron chi connectivity index (χ2n) is 21.1. The first-order valence-corrected chi connectivity index (χ1v) is 28.1. The molecule has 0 radical (unpaired) electrons. The van der Waals surface area contributed by atoms with Gasteiger partial charge in [-0.15, -0.1) is 48.3 Å². The van der Waals surface area contributed by atoms with Crippen LogP contribution in [0.5, 0.6) is 0 Å². The van der Waals surface area contributed by atoms with Crippen molar-refractivity contribution in [3.63, 3.8) is 0 Å². The van der Waals surface area contributed by atoms with Gasteiger partial charge < -0.3 is 51.2 Å². The first-order chi connectivity index (χ1) is 34.4. The molecule has 2 aliphatic carbocycles. The molecule has 8 rings (SSSR count). The molecule has 2 aromatic rings. The molecule has 4 heterocycles. The van der Waals surface area contributed by atoms with E-state index in [2.05, 4.69) is 95.4 Å². The van der Waals surface area contributed by atoms with Crippen molar-refractivity contribution >= 4 is 106 Å². The third kappa shape index (κ3) is 12.8. The Hall–Kier alpha value is -3.66. The van der Waals surface area contributed by atoms with Crippen molar-refractivity contribution < 1.29 is 28.7 Å². The summed E-state index contributed by atoms with van der Waals surface area (Å²) in [7, 11) is 3.67. The van der Waals surface area contributed by atoms with Gasteiger partial charge in [-0.2, -0.15) is 0 Å². The van der Waals surface area contributed by atoms with E-state index in [4.69, 9.17) is 33.9 Å². The molecule has 6 N–H and O–H groups in total. The van der Waals surface area contributed by atoms with Gasteiger partial charge in [0.1, 0.15) is 37.4 Å². The van der Waals surface area contributed by atoms with Gasteiger partial charge in [-0.3, -0.25) is 19.2 Å². The first-order valence-electron chi connectivity index (χ1n) is 25.2. The summed E-state index contributed by atoms with van der Waals surface area (Å²) < 4.78 is 12.8. The summed E-state index contributed by atoms with van der Waals surface area (Å²) in [5.41, 5.74) is 3.23. The maximum atomic E-state index is 14.6. The van der Waals surface area contributed by atoms with Crippen LogP contribution in [0.15, 0.2) is 48.5 Å². The van der Waals surface area contributed by atoms with Crippen molar-refractivity contribution in [2.45, 2.75) is 151 Å². The summed E-state index contributed by atoms with van der Waals surface area (Å²) in [5.74, 6) is 12.8. The van der Waals surface area contributed by atoms with Crippen molar-refractivity contribution in [2.24, 2.45) is 10.8 Å². The van der Waals surface area contributed by atoms with Crippen LogP contribution in [-0.4, -0.2) is 141 Å². The number of fused-ring (bicyclic) bond motifs is 4. The van der Waals surface area contributed by atoms with Crippen LogP contribution in [0, 0.1) is 34.5 Å². The summed E-state index contributed by atoms with van der Waals surface area (Å²) in [5, 5.41) is 19.3. The number of carbonyl (C=O) groups excluding carboxylic acids is 4. The van der Waals surface area contributed by atoms with Crippen LogP contribution in [0.1, 0.15) is 102 Å². The predicted molar refractivity (Wildman–Crippen MR) is 307 cm³/mol. The molecule has 0 bridgehead atoms. The Balaban J connectivity index is 0.00000446. The van der Waals surface area contributed by atoms with E-state index < -0.39 is 47.1 Å².